The minimum Gasteiger partial charge on any atom is -1.00 e. The lowest BCUT2D eigenvalue weighted by Crippen LogP contribution is -3.00. The highest BCUT2D eigenvalue weighted by Crippen LogP contribution is 2.14. The normalized spacial score (nSPS) is 12.4. The quantitative estimate of drug-likeness (QED) is 0.0820. The summed E-state index contributed by atoms with van der Waals surface area (Å²) in [4.78, 5) is 31.2. The minimum atomic E-state index is -0.498. The molecule has 0 aliphatic rings. The van der Waals surface area contributed by atoms with Gasteiger partial charge in [-0.3, -0.25) is 30.3 Å². The number of nitro benzene ring substituents is 3. The number of hydrazone groups is 1. The zero-order valence-corrected chi connectivity index (χ0v) is 24.1. The van der Waals surface area contributed by atoms with Crippen molar-refractivity contribution < 1.29 is 44.2 Å². The zero-order chi connectivity index (χ0) is 29.2. The number of benzene rings is 3. The largest absolute Gasteiger partial charge is 1.00 e. The Labute approximate surface area is 250 Å². The summed E-state index contributed by atoms with van der Waals surface area (Å²) in [5.41, 5.74) is 7.40. The highest BCUT2D eigenvalue weighted by atomic mass is 127. The van der Waals surface area contributed by atoms with Crippen molar-refractivity contribution >= 4 is 40.2 Å². The van der Waals surface area contributed by atoms with Crippen molar-refractivity contribution in [2.75, 3.05) is 0 Å². The first kappa shape index (κ1) is 32.2. The van der Waals surface area contributed by atoms with Crippen molar-refractivity contribution in [3.05, 3.63) is 120 Å². The third-order valence-electron chi connectivity index (χ3n) is 5.51. The molecule has 0 atom stereocenters. The highest BCUT2D eigenvalue weighted by molar-refractivity contribution is 6.00. The lowest BCUT2D eigenvalue weighted by Gasteiger charge is -2.04. The van der Waals surface area contributed by atoms with Crippen LogP contribution in [0.15, 0.2) is 93.2 Å². The lowest BCUT2D eigenvalue weighted by molar-refractivity contribution is -0.549. The maximum atomic E-state index is 10.9. The van der Waals surface area contributed by atoms with E-state index in [1.165, 1.54) is 41.8 Å². The van der Waals surface area contributed by atoms with Gasteiger partial charge in [0.1, 0.15) is 5.71 Å². The van der Waals surface area contributed by atoms with Gasteiger partial charge in [0.2, 0.25) is 0 Å². The molecule has 3 rings (SSSR count). The second kappa shape index (κ2) is 15.0. The second-order valence-electron chi connectivity index (χ2n) is 8.24. The van der Waals surface area contributed by atoms with Crippen LogP contribution in [-0.4, -0.2) is 37.9 Å². The van der Waals surface area contributed by atoms with Crippen LogP contribution in [0.4, 0.5) is 17.1 Å². The Morgan fingerprint density at radius 2 is 0.976 bits per heavy atom. The molecule has 0 aliphatic carbocycles. The van der Waals surface area contributed by atoms with E-state index in [2.05, 4.69) is 25.8 Å². The maximum Gasteiger partial charge on any atom is 0.365 e. The molecule has 212 valence electrons. The molecule has 15 nitrogen and oxygen atoms in total. The molecule has 0 radical (unpaired) electrons. The van der Waals surface area contributed by atoms with Gasteiger partial charge < -0.3 is 24.0 Å². The number of hydrogen-bond acceptors (Lipinski definition) is 10. The minimum absolute atomic E-state index is 0. The predicted octanol–water partition coefficient (Wildman–Crippen LogP) is 0.497. The molecule has 0 aromatic heterocycles. The van der Waals surface area contributed by atoms with E-state index >= 15 is 0 Å². The SMILES string of the molecule is CC(=N/N=C(\NN=C(C)c1ccc([N+](=O)[O-])cc1)[NH2+]N=C(C)c1ccc([N+](=O)[O-])cc1)c1ccc([N+](=O)[O-])cc1.[I-]. The molecule has 41 heavy (non-hydrogen) atoms. The fourth-order valence-corrected chi connectivity index (χ4v) is 3.17. The molecular formula is C25H24IN9O6. The summed E-state index contributed by atoms with van der Waals surface area (Å²) >= 11 is 0. The summed E-state index contributed by atoms with van der Waals surface area (Å²) in [6, 6.07) is 17.6. The molecule has 0 heterocycles. The van der Waals surface area contributed by atoms with Gasteiger partial charge in [-0.15, -0.1) is 5.10 Å². The average Bonchev–Trinajstić information content (AvgIpc) is 2.96. The summed E-state index contributed by atoms with van der Waals surface area (Å²) in [5, 5.41) is 49.7. The molecule has 0 aliphatic heterocycles. The topological polar surface area (TPSA) is 208 Å². The Kier molecular flexibility index (Phi) is 11.8. The van der Waals surface area contributed by atoms with Crippen LogP contribution in [0, 0.1) is 30.3 Å². The van der Waals surface area contributed by atoms with Gasteiger partial charge in [-0.05, 0) is 68.3 Å². The van der Waals surface area contributed by atoms with Crippen molar-refractivity contribution in [3.63, 3.8) is 0 Å². The molecule has 16 heteroatoms. The van der Waals surface area contributed by atoms with E-state index in [4.69, 9.17) is 0 Å². The number of halogens is 1. The van der Waals surface area contributed by atoms with Crippen LogP contribution in [0.3, 0.4) is 0 Å². The summed E-state index contributed by atoms with van der Waals surface area (Å²) in [7, 11) is 0. The average molecular weight is 673 g/mol. The Hall–Kier alpha value is -4.97. The molecule has 3 N–H and O–H groups in total. The van der Waals surface area contributed by atoms with Crippen molar-refractivity contribution in [2.24, 2.45) is 20.4 Å². The van der Waals surface area contributed by atoms with Gasteiger partial charge in [0, 0.05) is 42.0 Å². The molecule has 3 aromatic rings. The maximum absolute atomic E-state index is 10.9. The number of rotatable bonds is 9. The van der Waals surface area contributed by atoms with Crippen LogP contribution in [-0.2, 0) is 0 Å². The predicted molar refractivity (Wildman–Crippen MR) is 148 cm³/mol. The fourth-order valence-electron chi connectivity index (χ4n) is 3.17. The summed E-state index contributed by atoms with van der Waals surface area (Å²) in [5.74, 6) is 0.129. The Balaban J connectivity index is 0.00000588. The molecule has 0 saturated heterocycles. The summed E-state index contributed by atoms with van der Waals surface area (Å²) < 4.78 is 0. The third-order valence-corrected chi connectivity index (χ3v) is 5.51. The second-order valence-corrected chi connectivity index (χ2v) is 8.24. The summed E-state index contributed by atoms with van der Waals surface area (Å²) in [6.07, 6.45) is 0. The van der Waals surface area contributed by atoms with Crippen molar-refractivity contribution in [2.45, 2.75) is 20.8 Å². The number of hydrogen-bond donors (Lipinski definition) is 2. The van der Waals surface area contributed by atoms with Crippen molar-refractivity contribution in [3.8, 4) is 0 Å². The van der Waals surface area contributed by atoms with Crippen molar-refractivity contribution in [1.82, 2.24) is 5.43 Å². The number of nitrogens with one attached hydrogen (secondary N) is 1. The molecule has 0 spiro atoms. The monoisotopic (exact) mass is 673 g/mol. The van der Waals surface area contributed by atoms with E-state index in [-0.39, 0.29) is 47.0 Å². The van der Waals surface area contributed by atoms with E-state index in [1.54, 1.807) is 57.2 Å². The number of nitro groups is 3. The van der Waals surface area contributed by atoms with E-state index in [0.717, 1.165) is 0 Å². The van der Waals surface area contributed by atoms with Crippen LogP contribution in [0.2, 0.25) is 0 Å². The fraction of sp³-hybridized carbons (Fsp3) is 0.120. The zero-order valence-electron chi connectivity index (χ0n) is 22.0. The number of quaternary nitrogens is 1. The molecule has 0 amide bonds. The molecular weight excluding hydrogens is 649 g/mol. The summed E-state index contributed by atoms with van der Waals surface area (Å²) in [6.45, 7) is 5.09. The van der Waals surface area contributed by atoms with Gasteiger partial charge in [-0.25, -0.2) is 5.43 Å². The van der Waals surface area contributed by atoms with Crippen LogP contribution < -0.4 is 34.8 Å². The van der Waals surface area contributed by atoms with Crippen LogP contribution in [0.5, 0.6) is 0 Å². The van der Waals surface area contributed by atoms with E-state index < -0.39 is 14.8 Å². The molecule has 0 unspecified atom stereocenters. The van der Waals surface area contributed by atoms with Gasteiger partial charge in [-0.1, -0.05) is 10.2 Å². The Bertz CT molecular complexity index is 1460. The lowest BCUT2D eigenvalue weighted by atomic mass is 10.1. The number of nitrogens with two attached hydrogens (primary N) is 1. The van der Waals surface area contributed by atoms with Gasteiger partial charge in [0.15, 0.2) is 0 Å². The van der Waals surface area contributed by atoms with Crippen LogP contribution >= 0.6 is 0 Å². The van der Waals surface area contributed by atoms with E-state index in [1.807, 2.05) is 0 Å². The highest BCUT2D eigenvalue weighted by Gasteiger charge is 2.10. The van der Waals surface area contributed by atoms with Gasteiger partial charge in [0.25, 0.3) is 17.1 Å². The van der Waals surface area contributed by atoms with Crippen LogP contribution in [0.25, 0.3) is 0 Å². The first-order valence-corrected chi connectivity index (χ1v) is 11.6. The number of guanidine groups is 1. The van der Waals surface area contributed by atoms with E-state index in [0.29, 0.717) is 33.8 Å². The van der Waals surface area contributed by atoms with Gasteiger partial charge in [-0.2, -0.15) is 10.5 Å². The smallest absolute Gasteiger partial charge is 0.365 e. The molecule has 0 saturated carbocycles. The molecule has 0 fully saturated rings. The Morgan fingerprint density at radius 3 is 1.37 bits per heavy atom. The van der Waals surface area contributed by atoms with E-state index in [9.17, 15) is 30.3 Å². The standard InChI is InChI=1S/C25H23N9O6.HI/c1-16(19-4-10-22(11-5-19)32(35)36)26-29-25(30-27-17(2)20-6-12-23(13-7-20)33(37)38)31-28-18(3)21-8-14-24(15-9-21)34(39)40;/h4-15H,1-3H3,(H2,29,30,31);1H. The third kappa shape index (κ3) is 9.32. The number of nitrogens with zero attached hydrogens (tertiary/aromatic N) is 7. The number of non-ortho nitro benzene ring substituents is 3. The van der Waals surface area contributed by atoms with Crippen molar-refractivity contribution in [1.29, 1.82) is 0 Å². The molecule has 3 aromatic carbocycles. The van der Waals surface area contributed by atoms with Crippen LogP contribution in [0.1, 0.15) is 37.5 Å². The van der Waals surface area contributed by atoms with Gasteiger partial charge in [0.05, 0.1) is 26.2 Å². The molecule has 0 bridgehead atoms. The first-order chi connectivity index (χ1) is 19.0. The first-order valence-electron chi connectivity index (χ1n) is 11.6. The Morgan fingerprint density at radius 1 is 0.610 bits per heavy atom. The van der Waals surface area contributed by atoms with Gasteiger partial charge >= 0.3 is 5.96 Å².